The molecule has 25 heavy (non-hydrogen) atoms. The number of aliphatic imine (C=N–C) groups is 1. The number of para-hydroxylation sites is 1. The zero-order valence-electron chi connectivity index (χ0n) is 14.6. The highest BCUT2D eigenvalue weighted by Gasteiger charge is 2.29. The number of nitrogens with one attached hydrogen (secondary N) is 1. The Labute approximate surface area is 153 Å². The van der Waals surface area contributed by atoms with Crippen LogP contribution < -0.4 is 15.8 Å². The van der Waals surface area contributed by atoms with Crippen LogP contribution in [0, 0.1) is 0 Å². The first-order valence-electron chi connectivity index (χ1n) is 8.66. The fourth-order valence-electron chi connectivity index (χ4n) is 2.87. The first-order valence-corrected chi connectivity index (χ1v) is 9.65. The first kappa shape index (κ1) is 17.7. The molecule has 0 aromatic heterocycles. The number of nitrogens with zero attached hydrogens (tertiary/aromatic N) is 1. The fraction of sp³-hybridized carbons (Fsp3) is 0.350. The zero-order chi connectivity index (χ0) is 17.5. The molecule has 3 rings (SSSR count). The van der Waals surface area contributed by atoms with Crippen molar-refractivity contribution in [3.05, 3.63) is 60.2 Å². The van der Waals surface area contributed by atoms with E-state index in [9.17, 15) is 0 Å². The number of anilines is 1. The van der Waals surface area contributed by atoms with E-state index in [1.165, 1.54) is 0 Å². The smallest absolute Gasteiger partial charge is 0.154 e. The van der Waals surface area contributed by atoms with E-state index in [4.69, 9.17) is 10.5 Å². The van der Waals surface area contributed by atoms with Gasteiger partial charge in [0.1, 0.15) is 5.75 Å². The molecular weight excluding hydrogens is 330 g/mol. The third-order valence-corrected chi connectivity index (χ3v) is 5.14. The Hall–Kier alpha value is -2.14. The molecule has 0 saturated heterocycles. The number of hydrogen-bond donors (Lipinski definition) is 2. The molecule has 1 unspecified atom stereocenters. The third-order valence-electron chi connectivity index (χ3n) is 4.34. The Morgan fingerprint density at radius 1 is 1.20 bits per heavy atom. The summed E-state index contributed by atoms with van der Waals surface area (Å²) in [5, 5.41) is 4.06. The van der Waals surface area contributed by atoms with Gasteiger partial charge in [0.05, 0.1) is 12.1 Å². The maximum absolute atomic E-state index is 5.92. The predicted octanol–water partition coefficient (Wildman–Crippen LogP) is 4.23. The summed E-state index contributed by atoms with van der Waals surface area (Å²) in [4.78, 5) is 4.66. The second-order valence-electron chi connectivity index (χ2n) is 6.35. The molecule has 1 aliphatic heterocycles. The minimum Gasteiger partial charge on any atom is -0.494 e. The van der Waals surface area contributed by atoms with Crippen molar-refractivity contribution in [2.75, 3.05) is 24.2 Å². The van der Waals surface area contributed by atoms with Gasteiger partial charge in [-0.2, -0.15) is 0 Å². The molecule has 1 atom stereocenters. The number of hydrogen-bond acceptors (Lipinski definition) is 5. The molecular formula is C20H25N3OS. The van der Waals surface area contributed by atoms with Crippen molar-refractivity contribution in [2.45, 2.75) is 25.3 Å². The van der Waals surface area contributed by atoms with Gasteiger partial charge in [-0.15, -0.1) is 0 Å². The predicted molar refractivity (Wildman–Crippen MR) is 108 cm³/mol. The number of nitrogens with two attached hydrogens (primary N) is 1. The van der Waals surface area contributed by atoms with Crippen molar-refractivity contribution >= 4 is 22.6 Å². The molecule has 0 radical (unpaired) electrons. The van der Waals surface area contributed by atoms with Crippen molar-refractivity contribution < 1.29 is 4.74 Å². The lowest BCUT2D eigenvalue weighted by Crippen LogP contribution is -2.28. The van der Waals surface area contributed by atoms with E-state index in [1.807, 2.05) is 30.3 Å². The molecule has 0 aliphatic carbocycles. The highest BCUT2D eigenvalue weighted by Crippen LogP contribution is 2.36. The average Bonchev–Trinajstić information content (AvgIpc) is 2.62. The molecule has 132 valence electrons. The fourth-order valence-corrected chi connectivity index (χ4v) is 3.84. The highest BCUT2D eigenvalue weighted by atomic mass is 32.2. The lowest BCUT2D eigenvalue weighted by molar-refractivity contribution is 0.313. The molecule has 0 fully saturated rings. The Morgan fingerprint density at radius 3 is 2.84 bits per heavy atom. The van der Waals surface area contributed by atoms with Crippen LogP contribution in [-0.2, 0) is 5.54 Å². The third kappa shape index (κ3) is 4.92. The molecule has 0 saturated carbocycles. The van der Waals surface area contributed by atoms with Crippen LogP contribution in [0.4, 0.5) is 5.69 Å². The van der Waals surface area contributed by atoms with Gasteiger partial charge in [-0.1, -0.05) is 42.1 Å². The Morgan fingerprint density at radius 2 is 2.04 bits per heavy atom. The summed E-state index contributed by atoms with van der Waals surface area (Å²) in [5.41, 5.74) is 7.98. The number of amidine groups is 1. The molecule has 1 aliphatic rings. The zero-order valence-corrected chi connectivity index (χ0v) is 15.4. The SMILES string of the molecule is CC1(c2cccc(OCCCNc3ccccc3)c2)CCSC(N)=N1. The Bertz CT molecular complexity index is 720. The van der Waals surface area contributed by atoms with Gasteiger partial charge in [-0.05, 0) is 49.6 Å². The highest BCUT2D eigenvalue weighted by molar-refractivity contribution is 8.13. The summed E-state index contributed by atoms with van der Waals surface area (Å²) < 4.78 is 5.92. The maximum Gasteiger partial charge on any atom is 0.154 e. The van der Waals surface area contributed by atoms with E-state index in [0.29, 0.717) is 11.8 Å². The number of ether oxygens (including phenoxy) is 1. The molecule has 0 bridgehead atoms. The molecule has 5 heteroatoms. The van der Waals surface area contributed by atoms with Crippen LogP contribution in [0.3, 0.4) is 0 Å². The van der Waals surface area contributed by atoms with Gasteiger partial charge >= 0.3 is 0 Å². The van der Waals surface area contributed by atoms with Crippen LogP contribution in [0.5, 0.6) is 5.75 Å². The van der Waals surface area contributed by atoms with E-state index < -0.39 is 0 Å². The lowest BCUT2D eigenvalue weighted by atomic mass is 9.90. The van der Waals surface area contributed by atoms with E-state index in [1.54, 1.807) is 11.8 Å². The molecule has 0 spiro atoms. The topological polar surface area (TPSA) is 59.6 Å². The van der Waals surface area contributed by atoms with Crippen molar-refractivity contribution in [3.63, 3.8) is 0 Å². The largest absolute Gasteiger partial charge is 0.494 e. The van der Waals surface area contributed by atoms with Crippen molar-refractivity contribution in [1.82, 2.24) is 0 Å². The molecule has 1 heterocycles. The standard InChI is InChI=1S/C20H25N3OS/c1-20(11-14-25-19(21)23-20)16-7-5-10-18(15-16)24-13-6-12-22-17-8-3-2-4-9-17/h2-5,7-10,15,22H,6,11-14H2,1H3,(H2,21,23). The molecule has 3 N–H and O–H groups in total. The average molecular weight is 356 g/mol. The first-order chi connectivity index (χ1) is 12.2. The van der Waals surface area contributed by atoms with Gasteiger partial charge in [-0.3, -0.25) is 4.99 Å². The summed E-state index contributed by atoms with van der Waals surface area (Å²) in [6.45, 7) is 3.71. The summed E-state index contributed by atoms with van der Waals surface area (Å²) in [7, 11) is 0. The van der Waals surface area contributed by atoms with Crippen LogP contribution in [-0.4, -0.2) is 24.1 Å². The summed E-state index contributed by atoms with van der Waals surface area (Å²) >= 11 is 1.63. The molecule has 2 aromatic rings. The van der Waals surface area contributed by atoms with Gasteiger partial charge in [-0.25, -0.2) is 0 Å². The van der Waals surface area contributed by atoms with Crippen molar-refractivity contribution in [1.29, 1.82) is 0 Å². The van der Waals surface area contributed by atoms with E-state index in [-0.39, 0.29) is 5.54 Å². The van der Waals surface area contributed by atoms with Crippen LogP contribution >= 0.6 is 11.8 Å². The summed E-state index contributed by atoms with van der Waals surface area (Å²) in [5.74, 6) is 1.90. The summed E-state index contributed by atoms with van der Waals surface area (Å²) in [6, 6.07) is 18.5. The van der Waals surface area contributed by atoms with Gasteiger partial charge in [0.15, 0.2) is 5.17 Å². The monoisotopic (exact) mass is 355 g/mol. The van der Waals surface area contributed by atoms with Crippen molar-refractivity contribution in [3.8, 4) is 5.75 Å². The van der Waals surface area contributed by atoms with Crippen LogP contribution in [0.1, 0.15) is 25.3 Å². The van der Waals surface area contributed by atoms with Gasteiger partial charge in [0.25, 0.3) is 0 Å². The van der Waals surface area contributed by atoms with Crippen LogP contribution in [0.15, 0.2) is 59.6 Å². The lowest BCUT2D eigenvalue weighted by Gasteiger charge is -2.30. The second-order valence-corrected chi connectivity index (χ2v) is 7.46. The molecule has 4 nitrogen and oxygen atoms in total. The number of thioether (sulfide) groups is 1. The quantitative estimate of drug-likeness (QED) is 0.730. The van der Waals surface area contributed by atoms with Gasteiger partial charge in [0.2, 0.25) is 0 Å². The minimum absolute atomic E-state index is 0.246. The van der Waals surface area contributed by atoms with Gasteiger partial charge in [0, 0.05) is 18.0 Å². The Balaban J connectivity index is 1.51. The van der Waals surface area contributed by atoms with Crippen molar-refractivity contribution in [2.24, 2.45) is 10.7 Å². The number of benzene rings is 2. The minimum atomic E-state index is -0.246. The van der Waals surface area contributed by atoms with E-state index >= 15 is 0 Å². The number of rotatable bonds is 7. The Kier molecular flexibility index (Phi) is 5.87. The van der Waals surface area contributed by atoms with E-state index in [2.05, 4.69) is 41.5 Å². The maximum atomic E-state index is 5.92. The normalized spacial score (nSPS) is 20.0. The van der Waals surface area contributed by atoms with Gasteiger partial charge < -0.3 is 15.8 Å². The van der Waals surface area contributed by atoms with Crippen LogP contribution in [0.25, 0.3) is 0 Å². The molecule has 0 amide bonds. The van der Waals surface area contributed by atoms with E-state index in [0.717, 1.165) is 42.1 Å². The second kappa shape index (κ2) is 8.30. The molecule has 2 aromatic carbocycles. The summed E-state index contributed by atoms with van der Waals surface area (Å²) in [6.07, 6.45) is 1.93. The van der Waals surface area contributed by atoms with Crippen LogP contribution in [0.2, 0.25) is 0 Å².